The van der Waals surface area contributed by atoms with Crippen molar-refractivity contribution < 1.29 is 21.2 Å². The van der Waals surface area contributed by atoms with E-state index < -0.39 is 25.6 Å². The van der Waals surface area contributed by atoms with Crippen molar-refractivity contribution in [1.29, 1.82) is 0 Å². The van der Waals surface area contributed by atoms with Gasteiger partial charge in [0.2, 0.25) is 15.8 Å². The van der Waals surface area contributed by atoms with Gasteiger partial charge in [-0.3, -0.25) is 0 Å². The predicted molar refractivity (Wildman–Crippen MR) is 119 cm³/mol. The van der Waals surface area contributed by atoms with Crippen LogP contribution in [0.4, 0.5) is 4.39 Å². The van der Waals surface area contributed by atoms with Crippen molar-refractivity contribution in [2.24, 2.45) is 5.92 Å². The fraction of sp³-hybridized carbons (Fsp3) is 0.455. The van der Waals surface area contributed by atoms with E-state index in [9.17, 15) is 21.2 Å². The number of hydrogen-bond acceptors (Lipinski definition) is 6. The van der Waals surface area contributed by atoms with Crippen LogP contribution >= 0.6 is 0 Å². The number of benzene rings is 1. The molecule has 0 N–H and O–H groups in total. The van der Waals surface area contributed by atoms with Crippen molar-refractivity contribution in [2.45, 2.75) is 55.4 Å². The molecule has 1 aromatic carbocycles. The lowest BCUT2D eigenvalue weighted by molar-refractivity contribution is 0.386. The normalized spacial score (nSPS) is 17.6. The van der Waals surface area contributed by atoms with Gasteiger partial charge in [-0.05, 0) is 43.0 Å². The van der Waals surface area contributed by atoms with E-state index in [1.54, 1.807) is 6.07 Å². The summed E-state index contributed by atoms with van der Waals surface area (Å²) in [6.07, 6.45) is 2.33. The molecule has 0 spiro atoms. The van der Waals surface area contributed by atoms with E-state index in [-0.39, 0.29) is 32.6 Å². The van der Waals surface area contributed by atoms with Gasteiger partial charge in [0.1, 0.15) is 15.7 Å². The van der Waals surface area contributed by atoms with Gasteiger partial charge in [0.25, 0.3) is 0 Å². The summed E-state index contributed by atoms with van der Waals surface area (Å²) in [6, 6.07) is 6.91. The molecule has 2 aromatic heterocycles. The molecule has 10 heteroatoms. The third kappa shape index (κ3) is 4.43. The van der Waals surface area contributed by atoms with Crippen LogP contribution in [-0.2, 0) is 31.6 Å². The number of nitrogens with zero attached hydrogens (tertiary/aromatic N) is 3. The molecular weight excluding hydrogens is 453 g/mol. The zero-order valence-electron chi connectivity index (χ0n) is 18.2. The van der Waals surface area contributed by atoms with Crippen LogP contribution in [0.1, 0.15) is 39.4 Å². The first kappa shape index (κ1) is 22.8. The Morgan fingerprint density at radius 2 is 1.75 bits per heavy atom. The molecule has 1 aliphatic heterocycles. The first-order valence-corrected chi connectivity index (χ1v) is 13.8. The van der Waals surface area contributed by atoms with Crippen molar-refractivity contribution in [2.75, 3.05) is 11.5 Å². The van der Waals surface area contributed by atoms with Gasteiger partial charge < -0.3 is 4.57 Å². The number of halogens is 1. The molecule has 1 fully saturated rings. The highest BCUT2D eigenvalue weighted by molar-refractivity contribution is 7.91. The van der Waals surface area contributed by atoms with E-state index in [1.807, 2.05) is 20.8 Å². The average molecular weight is 480 g/mol. The number of sulfone groups is 2. The fourth-order valence-corrected chi connectivity index (χ4v) is 6.97. The maximum absolute atomic E-state index is 13.5. The third-order valence-electron chi connectivity index (χ3n) is 5.82. The molecule has 172 valence electrons. The molecule has 0 aliphatic carbocycles. The Morgan fingerprint density at radius 3 is 2.38 bits per heavy atom. The SMILES string of the molecule is CC(C)(C)c1nc2cc(S(=O)(=O)c3ccnc(F)c3)ccc2n1CC1CCS(=O)(=O)CC1. The summed E-state index contributed by atoms with van der Waals surface area (Å²) < 4.78 is 65.2. The second-order valence-corrected chi connectivity index (χ2v) is 13.6. The summed E-state index contributed by atoms with van der Waals surface area (Å²) in [4.78, 5) is 8.04. The Kier molecular flexibility index (Phi) is 5.65. The number of fused-ring (bicyclic) bond motifs is 1. The van der Waals surface area contributed by atoms with Gasteiger partial charge in [0, 0.05) is 24.2 Å². The lowest BCUT2D eigenvalue weighted by atomic mass is 9.95. The van der Waals surface area contributed by atoms with E-state index in [4.69, 9.17) is 4.98 Å². The van der Waals surface area contributed by atoms with Gasteiger partial charge in [-0.15, -0.1) is 0 Å². The van der Waals surface area contributed by atoms with Crippen LogP contribution in [-0.4, -0.2) is 42.9 Å². The lowest BCUT2D eigenvalue weighted by Gasteiger charge is -2.26. The maximum Gasteiger partial charge on any atom is 0.214 e. The summed E-state index contributed by atoms with van der Waals surface area (Å²) in [6.45, 7) is 6.73. The molecule has 7 nitrogen and oxygen atoms in total. The molecule has 1 saturated heterocycles. The second-order valence-electron chi connectivity index (χ2n) is 9.36. The summed E-state index contributed by atoms with van der Waals surface area (Å²) in [5.74, 6) is 0.548. The average Bonchev–Trinajstić information content (AvgIpc) is 3.08. The minimum absolute atomic E-state index is 0.0319. The predicted octanol–water partition coefficient (Wildman–Crippen LogP) is 3.53. The quantitative estimate of drug-likeness (QED) is 0.531. The van der Waals surface area contributed by atoms with E-state index in [1.165, 1.54) is 18.2 Å². The van der Waals surface area contributed by atoms with Crippen molar-refractivity contribution in [3.63, 3.8) is 0 Å². The molecule has 32 heavy (non-hydrogen) atoms. The molecule has 0 atom stereocenters. The van der Waals surface area contributed by atoms with Crippen molar-refractivity contribution in [1.82, 2.24) is 14.5 Å². The highest BCUT2D eigenvalue weighted by atomic mass is 32.2. The van der Waals surface area contributed by atoms with Gasteiger partial charge >= 0.3 is 0 Å². The zero-order chi connectivity index (χ0) is 23.3. The van der Waals surface area contributed by atoms with Crippen LogP contribution in [0.25, 0.3) is 11.0 Å². The van der Waals surface area contributed by atoms with Crippen LogP contribution in [0, 0.1) is 11.9 Å². The minimum Gasteiger partial charge on any atom is -0.327 e. The van der Waals surface area contributed by atoms with Crippen LogP contribution < -0.4 is 0 Å². The molecule has 3 heterocycles. The summed E-state index contributed by atoms with van der Waals surface area (Å²) in [5.41, 5.74) is 1.03. The van der Waals surface area contributed by atoms with Crippen LogP contribution in [0.15, 0.2) is 46.3 Å². The van der Waals surface area contributed by atoms with Gasteiger partial charge in [0.05, 0.1) is 32.3 Å². The van der Waals surface area contributed by atoms with Crippen molar-refractivity contribution in [3.05, 3.63) is 48.3 Å². The van der Waals surface area contributed by atoms with Crippen LogP contribution in [0.2, 0.25) is 0 Å². The molecule has 0 saturated carbocycles. The summed E-state index contributed by atoms with van der Waals surface area (Å²) in [5, 5.41) is 0. The Morgan fingerprint density at radius 1 is 1.09 bits per heavy atom. The van der Waals surface area contributed by atoms with Crippen molar-refractivity contribution in [3.8, 4) is 0 Å². The smallest absolute Gasteiger partial charge is 0.214 e. The monoisotopic (exact) mass is 479 g/mol. The number of hydrogen-bond donors (Lipinski definition) is 0. The molecule has 0 bridgehead atoms. The Hall–Kier alpha value is -2.33. The molecular formula is C22H26FN3O4S2. The molecule has 4 rings (SSSR count). The van der Waals surface area contributed by atoms with Gasteiger partial charge in [-0.25, -0.2) is 26.8 Å². The maximum atomic E-state index is 13.5. The number of aromatic nitrogens is 3. The summed E-state index contributed by atoms with van der Waals surface area (Å²) >= 11 is 0. The van der Waals surface area contributed by atoms with Crippen molar-refractivity contribution >= 4 is 30.7 Å². The van der Waals surface area contributed by atoms with E-state index >= 15 is 0 Å². The van der Waals surface area contributed by atoms with Gasteiger partial charge in [-0.1, -0.05) is 20.8 Å². The molecule has 0 unspecified atom stereocenters. The first-order valence-electron chi connectivity index (χ1n) is 10.4. The highest BCUT2D eigenvalue weighted by Gasteiger charge is 2.29. The molecule has 0 amide bonds. The Bertz CT molecular complexity index is 1380. The standard InChI is InChI=1S/C22H26FN3O4S2/c1-22(2,3)21-25-18-12-16(32(29,30)17-6-9-24-20(23)13-17)4-5-19(18)26(21)14-15-7-10-31(27,28)11-8-15/h4-6,9,12-13,15H,7-8,10-11,14H2,1-3H3. The number of imidazole rings is 1. The van der Waals surface area contributed by atoms with E-state index in [2.05, 4.69) is 9.55 Å². The van der Waals surface area contributed by atoms with Crippen LogP contribution in [0.5, 0.6) is 0 Å². The van der Waals surface area contributed by atoms with Crippen LogP contribution in [0.3, 0.4) is 0 Å². The highest BCUT2D eigenvalue weighted by Crippen LogP contribution is 2.32. The zero-order valence-corrected chi connectivity index (χ0v) is 19.9. The molecule has 3 aromatic rings. The first-order chi connectivity index (χ1) is 14.9. The molecule has 1 aliphatic rings. The Labute approximate surface area is 187 Å². The second kappa shape index (κ2) is 7.91. The topological polar surface area (TPSA) is 99.0 Å². The Balaban J connectivity index is 1.76. The van der Waals surface area contributed by atoms with Gasteiger partial charge in [0.15, 0.2) is 0 Å². The van der Waals surface area contributed by atoms with Gasteiger partial charge in [-0.2, -0.15) is 4.39 Å². The number of pyridine rings is 1. The lowest BCUT2D eigenvalue weighted by Crippen LogP contribution is -2.28. The fourth-order valence-electron chi connectivity index (χ4n) is 4.10. The van der Waals surface area contributed by atoms with E-state index in [0.29, 0.717) is 24.9 Å². The van der Waals surface area contributed by atoms with E-state index in [0.717, 1.165) is 23.6 Å². The largest absolute Gasteiger partial charge is 0.327 e. The minimum atomic E-state index is -3.93. The third-order valence-corrected chi connectivity index (χ3v) is 9.29. The number of rotatable bonds is 4. The molecule has 0 radical (unpaired) electrons. The summed E-state index contributed by atoms with van der Waals surface area (Å²) in [7, 11) is -6.88.